The Bertz CT molecular complexity index is 473. The van der Waals surface area contributed by atoms with Crippen LogP contribution in [0.1, 0.15) is 34.3 Å². The Kier molecular flexibility index (Phi) is 3.98. The van der Waals surface area contributed by atoms with Gasteiger partial charge in [-0.15, -0.1) is 11.3 Å². The molecule has 2 heterocycles. The van der Waals surface area contributed by atoms with E-state index in [0.29, 0.717) is 6.54 Å². The summed E-state index contributed by atoms with van der Waals surface area (Å²) in [5.74, 6) is 0.724. The van der Waals surface area contributed by atoms with E-state index in [0.717, 1.165) is 24.2 Å². The topological polar surface area (TPSA) is 42.2 Å². The second-order valence-corrected chi connectivity index (χ2v) is 4.81. The summed E-state index contributed by atoms with van der Waals surface area (Å²) in [4.78, 5) is 13.1. The maximum atomic E-state index is 11.8. The van der Waals surface area contributed by atoms with Crippen LogP contribution in [0.15, 0.2) is 34.3 Å². The first-order chi connectivity index (χ1) is 8.29. The van der Waals surface area contributed by atoms with E-state index < -0.39 is 0 Å². The zero-order valence-corrected chi connectivity index (χ0v) is 10.5. The number of thiophene rings is 1. The zero-order chi connectivity index (χ0) is 12.1. The lowest BCUT2D eigenvalue weighted by Gasteiger charge is -2.00. The molecule has 3 nitrogen and oxygen atoms in total. The maximum Gasteiger partial charge on any atom is 0.252 e. The number of hydrogen-bond donors (Lipinski definition) is 1. The first-order valence-corrected chi connectivity index (χ1v) is 6.55. The Balaban J connectivity index is 1.90. The third-order valence-electron chi connectivity index (χ3n) is 2.42. The summed E-state index contributed by atoms with van der Waals surface area (Å²) in [6, 6.07) is 5.62. The van der Waals surface area contributed by atoms with Crippen LogP contribution < -0.4 is 5.32 Å². The number of amides is 1. The molecular weight excluding hydrogens is 234 g/mol. The fourth-order valence-electron chi connectivity index (χ4n) is 1.56. The van der Waals surface area contributed by atoms with Crippen molar-refractivity contribution in [3.8, 4) is 0 Å². The molecule has 0 fully saturated rings. The molecule has 2 aromatic rings. The van der Waals surface area contributed by atoms with Gasteiger partial charge in [0.15, 0.2) is 0 Å². The van der Waals surface area contributed by atoms with Gasteiger partial charge >= 0.3 is 0 Å². The Morgan fingerprint density at radius 2 is 2.41 bits per heavy atom. The number of rotatable bonds is 5. The SMILES string of the molecule is CCCc1cc(C(=O)NCc2ccco2)cs1. The fourth-order valence-corrected chi connectivity index (χ4v) is 2.53. The highest BCUT2D eigenvalue weighted by molar-refractivity contribution is 7.10. The van der Waals surface area contributed by atoms with Crippen molar-refractivity contribution in [2.24, 2.45) is 0 Å². The maximum absolute atomic E-state index is 11.8. The van der Waals surface area contributed by atoms with E-state index in [-0.39, 0.29) is 5.91 Å². The molecule has 0 saturated heterocycles. The van der Waals surface area contributed by atoms with E-state index in [1.807, 2.05) is 23.6 Å². The van der Waals surface area contributed by atoms with Crippen molar-refractivity contribution < 1.29 is 9.21 Å². The molecule has 0 radical (unpaired) electrons. The van der Waals surface area contributed by atoms with Crippen LogP contribution in [0, 0.1) is 0 Å². The van der Waals surface area contributed by atoms with E-state index in [1.165, 1.54) is 4.88 Å². The highest BCUT2D eigenvalue weighted by Crippen LogP contribution is 2.16. The summed E-state index contributed by atoms with van der Waals surface area (Å²) in [7, 11) is 0. The molecule has 1 amide bonds. The predicted octanol–water partition coefficient (Wildman–Crippen LogP) is 3.22. The largest absolute Gasteiger partial charge is 0.467 e. The van der Waals surface area contributed by atoms with E-state index >= 15 is 0 Å². The van der Waals surface area contributed by atoms with Gasteiger partial charge in [-0.3, -0.25) is 4.79 Å². The molecule has 90 valence electrons. The molecular formula is C13H15NO2S. The van der Waals surface area contributed by atoms with Crippen LogP contribution in [0.5, 0.6) is 0 Å². The van der Waals surface area contributed by atoms with E-state index in [2.05, 4.69) is 12.2 Å². The van der Waals surface area contributed by atoms with Crippen LogP contribution >= 0.6 is 11.3 Å². The quantitative estimate of drug-likeness (QED) is 0.884. The van der Waals surface area contributed by atoms with Gasteiger partial charge in [0.2, 0.25) is 0 Å². The molecule has 0 aromatic carbocycles. The highest BCUT2D eigenvalue weighted by atomic mass is 32.1. The number of carbonyl (C=O) groups is 1. The normalized spacial score (nSPS) is 10.4. The third kappa shape index (κ3) is 3.20. The molecule has 17 heavy (non-hydrogen) atoms. The van der Waals surface area contributed by atoms with E-state index in [9.17, 15) is 4.79 Å². The van der Waals surface area contributed by atoms with Crippen LogP contribution in [-0.2, 0) is 13.0 Å². The number of nitrogens with one attached hydrogen (secondary N) is 1. The molecule has 0 aliphatic heterocycles. The van der Waals surface area contributed by atoms with Crippen molar-refractivity contribution in [3.05, 3.63) is 46.0 Å². The molecule has 0 unspecified atom stereocenters. The summed E-state index contributed by atoms with van der Waals surface area (Å²) >= 11 is 1.64. The van der Waals surface area contributed by atoms with Crippen LogP contribution in [-0.4, -0.2) is 5.91 Å². The molecule has 0 atom stereocenters. The second kappa shape index (κ2) is 5.68. The lowest BCUT2D eigenvalue weighted by atomic mass is 10.2. The molecule has 0 spiro atoms. The minimum atomic E-state index is -0.0417. The smallest absolute Gasteiger partial charge is 0.252 e. The Morgan fingerprint density at radius 1 is 1.53 bits per heavy atom. The second-order valence-electron chi connectivity index (χ2n) is 3.81. The summed E-state index contributed by atoms with van der Waals surface area (Å²) in [5.41, 5.74) is 0.741. The predicted molar refractivity (Wildman–Crippen MR) is 68.2 cm³/mol. The molecule has 0 bridgehead atoms. The molecule has 2 aromatic heterocycles. The molecule has 0 aliphatic rings. The van der Waals surface area contributed by atoms with Crippen molar-refractivity contribution in [3.63, 3.8) is 0 Å². The summed E-state index contributed by atoms with van der Waals surface area (Å²) in [6.45, 7) is 2.57. The minimum absolute atomic E-state index is 0.0417. The molecule has 0 saturated carbocycles. The van der Waals surface area contributed by atoms with Gasteiger partial charge in [-0.05, 0) is 24.6 Å². The Labute approximate surface area is 104 Å². The van der Waals surface area contributed by atoms with Crippen LogP contribution in [0.25, 0.3) is 0 Å². The number of aryl methyl sites for hydroxylation is 1. The fraction of sp³-hybridized carbons (Fsp3) is 0.308. The van der Waals surface area contributed by atoms with Crippen molar-refractivity contribution in [2.45, 2.75) is 26.3 Å². The lowest BCUT2D eigenvalue weighted by molar-refractivity contribution is 0.0948. The minimum Gasteiger partial charge on any atom is -0.467 e. The lowest BCUT2D eigenvalue weighted by Crippen LogP contribution is -2.21. The first-order valence-electron chi connectivity index (χ1n) is 5.67. The molecule has 1 N–H and O–H groups in total. The van der Waals surface area contributed by atoms with Crippen molar-refractivity contribution in [2.75, 3.05) is 0 Å². The van der Waals surface area contributed by atoms with Gasteiger partial charge in [-0.2, -0.15) is 0 Å². The summed E-state index contributed by atoms with van der Waals surface area (Å²) < 4.78 is 5.15. The standard InChI is InChI=1S/C13H15NO2S/c1-2-4-12-7-10(9-17-12)13(15)14-8-11-5-3-6-16-11/h3,5-7,9H,2,4,8H2,1H3,(H,14,15). The average Bonchev–Trinajstić information content (AvgIpc) is 2.97. The zero-order valence-electron chi connectivity index (χ0n) is 9.73. The molecule has 4 heteroatoms. The van der Waals surface area contributed by atoms with Gasteiger partial charge in [0.1, 0.15) is 5.76 Å². The van der Waals surface area contributed by atoms with Gasteiger partial charge in [0.05, 0.1) is 18.4 Å². The van der Waals surface area contributed by atoms with Crippen molar-refractivity contribution >= 4 is 17.2 Å². The molecule has 0 aliphatic carbocycles. The van der Waals surface area contributed by atoms with Gasteiger partial charge in [-0.25, -0.2) is 0 Å². The van der Waals surface area contributed by atoms with Gasteiger partial charge in [-0.1, -0.05) is 13.3 Å². The number of hydrogen-bond acceptors (Lipinski definition) is 3. The average molecular weight is 249 g/mol. The number of carbonyl (C=O) groups excluding carboxylic acids is 1. The van der Waals surface area contributed by atoms with Gasteiger partial charge in [0, 0.05) is 10.3 Å². The first kappa shape index (κ1) is 11.9. The monoisotopic (exact) mass is 249 g/mol. The van der Waals surface area contributed by atoms with E-state index in [1.54, 1.807) is 17.6 Å². The van der Waals surface area contributed by atoms with Crippen LogP contribution in [0.3, 0.4) is 0 Å². The Hall–Kier alpha value is -1.55. The van der Waals surface area contributed by atoms with E-state index in [4.69, 9.17) is 4.42 Å². The van der Waals surface area contributed by atoms with Gasteiger partial charge < -0.3 is 9.73 Å². The summed E-state index contributed by atoms with van der Waals surface area (Å²) in [6.07, 6.45) is 3.75. The van der Waals surface area contributed by atoms with Crippen LogP contribution in [0.2, 0.25) is 0 Å². The summed E-state index contributed by atoms with van der Waals surface area (Å²) in [5, 5.41) is 4.74. The molecule has 2 rings (SSSR count). The Morgan fingerprint density at radius 3 is 3.12 bits per heavy atom. The van der Waals surface area contributed by atoms with Gasteiger partial charge in [0.25, 0.3) is 5.91 Å². The van der Waals surface area contributed by atoms with Crippen LogP contribution in [0.4, 0.5) is 0 Å². The van der Waals surface area contributed by atoms with Crippen molar-refractivity contribution in [1.82, 2.24) is 5.32 Å². The third-order valence-corrected chi connectivity index (χ3v) is 3.41. The number of furan rings is 1. The van der Waals surface area contributed by atoms with Crippen molar-refractivity contribution in [1.29, 1.82) is 0 Å². The highest BCUT2D eigenvalue weighted by Gasteiger charge is 2.08.